The third kappa shape index (κ3) is 4.30. The van der Waals surface area contributed by atoms with Crippen molar-refractivity contribution in [2.75, 3.05) is 11.9 Å². The van der Waals surface area contributed by atoms with E-state index >= 15 is 0 Å². The fraction of sp³-hybridized carbons (Fsp3) is 0.0870. The summed E-state index contributed by atoms with van der Waals surface area (Å²) in [4.78, 5) is 37.5. The number of carbonyl (C=O) groups is 3. The van der Waals surface area contributed by atoms with Crippen LogP contribution >= 0.6 is 0 Å². The lowest BCUT2D eigenvalue weighted by Gasteiger charge is -2.14. The molecule has 3 aromatic rings. The molecule has 3 aromatic carbocycles. The van der Waals surface area contributed by atoms with Gasteiger partial charge in [0.05, 0.1) is 18.8 Å². The SMILES string of the molecule is O=C(Nc1ccccc1Oc1ccccc1)c1cccc(CN2C(=O)CNC2=O)c1. The second kappa shape index (κ2) is 8.48. The van der Waals surface area contributed by atoms with Gasteiger partial charge in [-0.3, -0.25) is 14.5 Å². The van der Waals surface area contributed by atoms with Gasteiger partial charge in [-0.2, -0.15) is 0 Å². The normalized spacial score (nSPS) is 13.1. The van der Waals surface area contributed by atoms with Gasteiger partial charge in [-0.25, -0.2) is 4.79 Å². The highest BCUT2D eigenvalue weighted by Gasteiger charge is 2.28. The number of hydrogen-bond acceptors (Lipinski definition) is 4. The van der Waals surface area contributed by atoms with E-state index in [0.717, 1.165) is 4.90 Å². The van der Waals surface area contributed by atoms with Crippen LogP contribution < -0.4 is 15.4 Å². The van der Waals surface area contributed by atoms with Crippen molar-refractivity contribution in [3.8, 4) is 11.5 Å². The Hall–Kier alpha value is -4.13. The maximum Gasteiger partial charge on any atom is 0.324 e. The number of para-hydroxylation sites is 3. The Morgan fingerprint density at radius 1 is 0.967 bits per heavy atom. The number of nitrogens with one attached hydrogen (secondary N) is 2. The van der Waals surface area contributed by atoms with Crippen molar-refractivity contribution in [3.05, 3.63) is 90.0 Å². The zero-order valence-electron chi connectivity index (χ0n) is 16.0. The zero-order valence-corrected chi connectivity index (χ0v) is 16.0. The van der Waals surface area contributed by atoms with Crippen LogP contribution in [-0.4, -0.2) is 29.3 Å². The fourth-order valence-corrected chi connectivity index (χ4v) is 3.08. The van der Waals surface area contributed by atoms with Gasteiger partial charge in [0, 0.05) is 5.56 Å². The molecular formula is C23H19N3O4. The van der Waals surface area contributed by atoms with Crippen LogP contribution in [0.2, 0.25) is 0 Å². The average Bonchev–Trinajstić information content (AvgIpc) is 3.08. The first-order chi connectivity index (χ1) is 14.6. The van der Waals surface area contributed by atoms with Crippen molar-refractivity contribution in [2.24, 2.45) is 0 Å². The number of imide groups is 1. The molecule has 30 heavy (non-hydrogen) atoms. The molecule has 0 bridgehead atoms. The minimum absolute atomic E-state index is 0.00277. The first-order valence-corrected chi connectivity index (χ1v) is 9.40. The lowest BCUT2D eigenvalue weighted by Crippen LogP contribution is -2.30. The van der Waals surface area contributed by atoms with Gasteiger partial charge >= 0.3 is 6.03 Å². The Kier molecular flexibility index (Phi) is 5.43. The van der Waals surface area contributed by atoms with Gasteiger partial charge in [0.2, 0.25) is 5.91 Å². The minimum Gasteiger partial charge on any atom is -0.455 e. The van der Waals surface area contributed by atoms with E-state index in [-0.39, 0.29) is 24.9 Å². The number of anilines is 1. The van der Waals surface area contributed by atoms with Gasteiger partial charge < -0.3 is 15.4 Å². The molecule has 1 saturated heterocycles. The van der Waals surface area contributed by atoms with Gasteiger partial charge in [-0.15, -0.1) is 0 Å². The quantitative estimate of drug-likeness (QED) is 0.616. The number of nitrogens with zero attached hydrogens (tertiary/aromatic N) is 1. The van der Waals surface area contributed by atoms with Crippen molar-refractivity contribution in [2.45, 2.75) is 6.54 Å². The summed E-state index contributed by atoms with van der Waals surface area (Å²) >= 11 is 0. The second-order valence-electron chi connectivity index (χ2n) is 6.70. The predicted octanol–water partition coefficient (Wildman–Crippen LogP) is 3.78. The molecule has 150 valence electrons. The highest BCUT2D eigenvalue weighted by molar-refractivity contribution is 6.05. The van der Waals surface area contributed by atoms with Gasteiger partial charge in [-0.1, -0.05) is 42.5 Å². The van der Waals surface area contributed by atoms with Crippen molar-refractivity contribution < 1.29 is 19.1 Å². The molecule has 0 aromatic heterocycles. The lowest BCUT2D eigenvalue weighted by atomic mass is 10.1. The van der Waals surface area contributed by atoms with Gasteiger partial charge in [0.15, 0.2) is 5.75 Å². The van der Waals surface area contributed by atoms with E-state index in [1.54, 1.807) is 36.4 Å². The summed E-state index contributed by atoms with van der Waals surface area (Å²) < 4.78 is 5.88. The molecule has 0 spiro atoms. The number of benzene rings is 3. The summed E-state index contributed by atoms with van der Waals surface area (Å²) in [7, 11) is 0. The van der Waals surface area contributed by atoms with E-state index in [2.05, 4.69) is 10.6 Å². The van der Waals surface area contributed by atoms with Crippen molar-refractivity contribution >= 4 is 23.5 Å². The molecule has 1 aliphatic heterocycles. The molecule has 7 heteroatoms. The van der Waals surface area contributed by atoms with Gasteiger partial charge in [-0.05, 0) is 42.0 Å². The van der Waals surface area contributed by atoms with E-state index < -0.39 is 6.03 Å². The first-order valence-electron chi connectivity index (χ1n) is 9.40. The average molecular weight is 401 g/mol. The van der Waals surface area contributed by atoms with E-state index in [0.29, 0.717) is 28.3 Å². The maximum absolute atomic E-state index is 12.8. The minimum atomic E-state index is -0.429. The molecule has 1 fully saturated rings. The molecule has 0 radical (unpaired) electrons. The summed E-state index contributed by atoms with van der Waals surface area (Å²) in [5.41, 5.74) is 1.63. The van der Waals surface area contributed by atoms with Crippen LogP contribution in [0.3, 0.4) is 0 Å². The Balaban J connectivity index is 1.50. The summed E-state index contributed by atoms with van der Waals surface area (Å²) in [6.45, 7) is 0.108. The summed E-state index contributed by atoms with van der Waals surface area (Å²) in [5, 5.41) is 5.34. The second-order valence-corrected chi connectivity index (χ2v) is 6.70. The van der Waals surface area contributed by atoms with Crippen LogP contribution in [0.25, 0.3) is 0 Å². The van der Waals surface area contributed by atoms with E-state index in [1.165, 1.54) is 0 Å². The molecule has 1 aliphatic rings. The molecule has 4 amide bonds. The van der Waals surface area contributed by atoms with Crippen LogP contribution in [0.4, 0.5) is 10.5 Å². The number of ether oxygens (including phenoxy) is 1. The molecule has 0 aliphatic carbocycles. The van der Waals surface area contributed by atoms with Crippen LogP contribution in [0.15, 0.2) is 78.9 Å². The third-order valence-electron chi connectivity index (χ3n) is 4.57. The Morgan fingerprint density at radius 3 is 2.50 bits per heavy atom. The van der Waals surface area contributed by atoms with Gasteiger partial charge in [0.1, 0.15) is 5.75 Å². The van der Waals surface area contributed by atoms with Crippen molar-refractivity contribution in [3.63, 3.8) is 0 Å². The number of hydrogen-bond donors (Lipinski definition) is 2. The van der Waals surface area contributed by atoms with Crippen LogP contribution in [-0.2, 0) is 11.3 Å². The Bertz CT molecular complexity index is 1080. The molecule has 7 nitrogen and oxygen atoms in total. The number of carbonyl (C=O) groups excluding carboxylic acids is 3. The van der Waals surface area contributed by atoms with Crippen LogP contribution in [0, 0.1) is 0 Å². The zero-order chi connectivity index (χ0) is 20.9. The molecule has 0 saturated carbocycles. The molecule has 4 rings (SSSR count). The summed E-state index contributed by atoms with van der Waals surface area (Å²) in [5.74, 6) is 0.572. The van der Waals surface area contributed by atoms with Gasteiger partial charge in [0.25, 0.3) is 5.91 Å². The summed E-state index contributed by atoms with van der Waals surface area (Å²) in [6, 6.07) is 22.8. The topological polar surface area (TPSA) is 87.7 Å². The fourth-order valence-electron chi connectivity index (χ4n) is 3.08. The molecule has 0 atom stereocenters. The third-order valence-corrected chi connectivity index (χ3v) is 4.57. The molecule has 1 heterocycles. The number of urea groups is 1. The maximum atomic E-state index is 12.8. The van der Waals surface area contributed by atoms with Crippen molar-refractivity contribution in [1.29, 1.82) is 0 Å². The monoisotopic (exact) mass is 401 g/mol. The number of rotatable bonds is 6. The molecular weight excluding hydrogens is 382 g/mol. The van der Waals surface area contributed by atoms with Crippen molar-refractivity contribution in [1.82, 2.24) is 10.2 Å². The highest BCUT2D eigenvalue weighted by Crippen LogP contribution is 2.29. The lowest BCUT2D eigenvalue weighted by molar-refractivity contribution is -0.125. The Morgan fingerprint density at radius 2 is 1.73 bits per heavy atom. The predicted molar refractivity (Wildman–Crippen MR) is 111 cm³/mol. The van der Waals surface area contributed by atoms with E-state index in [4.69, 9.17) is 4.74 Å². The smallest absolute Gasteiger partial charge is 0.324 e. The van der Waals surface area contributed by atoms with Crippen LogP contribution in [0.1, 0.15) is 15.9 Å². The molecule has 2 N–H and O–H groups in total. The summed E-state index contributed by atoms with van der Waals surface area (Å²) in [6.07, 6.45) is 0. The standard InChI is InChI=1S/C23H19N3O4/c27-21-14-24-23(29)26(21)15-16-7-6-8-17(13-16)22(28)25-19-11-4-5-12-20(19)30-18-9-2-1-3-10-18/h1-13H,14-15H2,(H,24,29)(H,25,28). The largest absolute Gasteiger partial charge is 0.455 e. The molecule has 0 unspecified atom stereocenters. The van der Waals surface area contributed by atoms with E-state index in [1.807, 2.05) is 42.5 Å². The van der Waals surface area contributed by atoms with E-state index in [9.17, 15) is 14.4 Å². The highest BCUT2D eigenvalue weighted by atomic mass is 16.5. The van der Waals surface area contributed by atoms with Crippen LogP contribution in [0.5, 0.6) is 11.5 Å². The number of amides is 4. The Labute approximate surface area is 173 Å². The first kappa shape index (κ1) is 19.2.